The molecule has 0 aromatic heterocycles. The number of esters is 3. The molecule has 1 unspecified atom stereocenters. The molecular formula is C59H100O6. The topological polar surface area (TPSA) is 78.9 Å². The molecule has 6 nitrogen and oxygen atoms in total. The third kappa shape index (κ3) is 51.4. The fraction of sp³-hybridized carbons (Fsp3) is 0.712. The Bertz CT molecular complexity index is 1270. The highest BCUT2D eigenvalue weighted by molar-refractivity contribution is 5.71. The van der Waals surface area contributed by atoms with Gasteiger partial charge in [-0.3, -0.25) is 14.4 Å². The number of carbonyl (C=O) groups is 3. The van der Waals surface area contributed by atoms with Gasteiger partial charge in [0.05, 0.1) is 0 Å². The maximum atomic E-state index is 12.8. The first-order chi connectivity index (χ1) is 32.0. The summed E-state index contributed by atoms with van der Waals surface area (Å²) in [5.74, 6) is -1.01. The van der Waals surface area contributed by atoms with Gasteiger partial charge in [0.1, 0.15) is 13.2 Å². The first kappa shape index (κ1) is 61.6. The lowest BCUT2D eigenvalue weighted by molar-refractivity contribution is -0.167. The summed E-state index contributed by atoms with van der Waals surface area (Å²) >= 11 is 0. The van der Waals surface area contributed by atoms with Crippen LogP contribution in [0.15, 0.2) is 85.1 Å². The fourth-order valence-electron chi connectivity index (χ4n) is 7.46. The van der Waals surface area contributed by atoms with E-state index in [-0.39, 0.29) is 44.0 Å². The van der Waals surface area contributed by atoms with E-state index in [2.05, 4.69) is 51.2 Å². The molecule has 0 aliphatic heterocycles. The lowest BCUT2D eigenvalue weighted by atomic mass is 10.0. The highest BCUT2D eigenvalue weighted by Crippen LogP contribution is 2.16. The highest BCUT2D eigenvalue weighted by atomic mass is 16.6. The molecule has 65 heavy (non-hydrogen) atoms. The SMILES string of the molecule is CC/C=C/C=C/C=C/C=C/C=C/CCCC(=O)OCC(COC(=O)CCCCCCCCCCCCCCCCCCCC)OC(=O)CCCCC/C=C/C=C/CCCCCCCCC. The molecule has 0 aliphatic carbocycles. The zero-order chi connectivity index (χ0) is 47.2. The number of rotatable bonds is 48. The molecule has 0 bridgehead atoms. The third-order valence-corrected chi connectivity index (χ3v) is 11.5. The molecule has 0 N–H and O–H groups in total. The van der Waals surface area contributed by atoms with E-state index in [0.717, 1.165) is 64.2 Å². The maximum absolute atomic E-state index is 12.8. The van der Waals surface area contributed by atoms with Crippen LogP contribution < -0.4 is 0 Å². The van der Waals surface area contributed by atoms with E-state index in [9.17, 15) is 14.4 Å². The van der Waals surface area contributed by atoms with Crippen molar-refractivity contribution >= 4 is 17.9 Å². The number of carbonyl (C=O) groups excluding carboxylic acids is 3. The van der Waals surface area contributed by atoms with Crippen LogP contribution in [0.2, 0.25) is 0 Å². The molecule has 0 saturated carbocycles. The minimum atomic E-state index is -0.818. The van der Waals surface area contributed by atoms with Crippen LogP contribution in [0.1, 0.15) is 252 Å². The highest BCUT2D eigenvalue weighted by Gasteiger charge is 2.19. The first-order valence-electron chi connectivity index (χ1n) is 27.2. The molecule has 0 aliphatic rings. The van der Waals surface area contributed by atoms with Gasteiger partial charge in [-0.05, 0) is 57.8 Å². The van der Waals surface area contributed by atoms with Gasteiger partial charge in [-0.25, -0.2) is 0 Å². The van der Waals surface area contributed by atoms with Gasteiger partial charge < -0.3 is 14.2 Å². The van der Waals surface area contributed by atoms with Crippen LogP contribution in [0.4, 0.5) is 0 Å². The Balaban J connectivity index is 4.47. The fourth-order valence-corrected chi connectivity index (χ4v) is 7.46. The molecule has 1 atom stereocenters. The monoisotopic (exact) mass is 905 g/mol. The van der Waals surface area contributed by atoms with E-state index in [1.165, 1.54) is 141 Å². The zero-order valence-corrected chi connectivity index (χ0v) is 42.5. The molecular weight excluding hydrogens is 805 g/mol. The second-order valence-electron chi connectivity index (χ2n) is 17.9. The Morgan fingerprint density at radius 2 is 0.615 bits per heavy atom. The number of unbranched alkanes of at least 4 members (excludes halogenated alkanes) is 28. The van der Waals surface area contributed by atoms with Gasteiger partial charge in [0, 0.05) is 19.3 Å². The average Bonchev–Trinajstić information content (AvgIpc) is 3.30. The summed E-state index contributed by atoms with van der Waals surface area (Å²) < 4.78 is 16.7. The number of allylic oxidation sites excluding steroid dienone is 14. The largest absolute Gasteiger partial charge is 0.462 e. The summed E-state index contributed by atoms with van der Waals surface area (Å²) in [5, 5.41) is 0. The molecule has 0 amide bonds. The third-order valence-electron chi connectivity index (χ3n) is 11.5. The summed E-state index contributed by atoms with van der Waals surface area (Å²) in [5.41, 5.74) is 0. The van der Waals surface area contributed by atoms with Crippen molar-refractivity contribution in [3.63, 3.8) is 0 Å². The van der Waals surface area contributed by atoms with E-state index in [1.54, 1.807) is 0 Å². The van der Waals surface area contributed by atoms with Crippen LogP contribution in [-0.4, -0.2) is 37.2 Å². The van der Waals surface area contributed by atoms with Crippen molar-refractivity contribution in [3.05, 3.63) is 85.1 Å². The van der Waals surface area contributed by atoms with Crippen molar-refractivity contribution < 1.29 is 28.6 Å². The molecule has 0 aromatic carbocycles. The van der Waals surface area contributed by atoms with Gasteiger partial charge >= 0.3 is 17.9 Å². The lowest BCUT2D eigenvalue weighted by Gasteiger charge is -2.18. The predicted molar refractivity (Wildman–Crippen MR) is 279 cm³/mol. The summed E-state index contributed by atoms with van der Waals surface area (Å²) in [6, 6.07) is 0. The van der Waals surface area contributed by atoms with Crippen LogP contribution in [-0.2, 0) is 28.6 Å². The number of hydrogen-bond donors (Lipinski definition) is 0. The predicted octanol–water partition coefficient (Wildman–Crippen LogP) is 18.0. The summed E-state index contributed by atoms with van der Waals surface area (Å²) in [4.78, 5) is 38.0. The Labute approximate surface area is 401 Å². The molecule has 0 aromatic rings. The van der Waals surface area contributed by atoms with Crippen LogP contribution >= 0.6 is 0 Å². The normalized spacial score (nSPS) is 12.7. The minimum absolute atomic E-state index is 0.108. The first-order valence-corrected chi connectivity index (χ1v) is 27.2. The van der Waals surface area contributed by atoms with E-state index in [4.69, 9.17) is 14.2 Å². The van der Waals surface area contributed by atoms with Crippen molar-refractivity contribution in [2.75, 3.05) is 13.2 Å². The van der Waals surface area contributed by atoms with Gasteiger partial charge in [0.25, 0.3) is 0 Å². The molecule has 372 valence electrons. The van der Waals surface area contributed by atoms with Crippen molar-refractivity contribution in [3.8, 4) is 0 Å². The standard InChI is InChI=1S/C59H100O6/c1-4-7-10-13-16-19-22-25-27-29-30-32-34-37-40-43-46-49-52-58(61)64-55-56(54-63-57(60)51-48-45-42-39-36-33-24-21-18-15-12-9-6-3)65-59(62)53-50-47-44-41-38-35-31-28-26-23-20-17-14-11-8-5-2/h9,12,15,18,21,24,28,31,33,35-36,38-39,42,56H,4-8,10-11,13-14,16-17,19-20,22-23,25-27,29-30,32,34,37,40-41,43-55H2,1-3H3/b12-9+,18-15+,24-21+,31-28+,36-33+,38-35+,42-39+. The smallest absolute Gasteiger partial charge is 0.306 e. The van der Waals surface area contributed by atoms with E-state index in [1.807, 2.05) is 54.7 Å². The van der Waals surface area contributed by atoms with Crippen molar-refractivity contribution in [2.45, 2.75) is 258 Å². The van der Waals surface area contributed by atoms with E-state index in [0.29, 0.717) is 12.8 Å². The van der Waals surface area contributed by atoms with Gasteiger partial charge in [-0.15, -0.1) is 0 Å². The quantitative estimate of drug-likeness (QED) is 0.0262. The Hall–Kier alpha value is -3.41. The second-order valence-corrected chi connectivity index (χ2v) is 17.9. The molecule has 0 fully saturated rings. The number of hydrogen-bond acceptors (Lipinski definition) is 6. The van der Waals surface area contributed by atoms with Gasteiger partial charge in [-0.1, -0.05) is 260 Å². The molecule has 0 rings (SSSR count). The Kier molecular flexibility index (Phi) is 50.4. The molecule has 0 saturated heterocycles. The number of ether oxygens (including phenoxy) is 3. The molecule has 6 heteroatoms. The Morgan fingerprint density at radius 1 is 0.323 bits per heavy atom. The maximum Gasteiger partial charge on any atom is 0.306 e. The Morgan fingerprint density at radius 3 is 1.03 bits per heavy atom. The summed E-state index contributed by atoms with van der Waals surface area (Å²) in [6.45, 7) is 6.42. The zero-order valence-electron chi connectivity index (χ0n) is 42.5. The van der Waals surface area contributed by atoms with Crippen LogP contribution in [0.5, 0.6) is 0 Å². The molecule has 0 heterocycles. The molecule has 0 radical (unpaired) electrons. The van der Waals surface area contributed by atoms with Crippen molar-refractivity contribution in [1.29, 1.82) is 0 Å². The van der Waals surface area contributed by atoms with E-state index >= 15 is 0 Å². The average molecular weight is 905 g/mol. The molecule has 0 spiro atoms. The van der Waals surface area contributed by atoms with Crippen LogP contribution in [0, 0.1) is 0 Å². The second kappa shape index (κ2) is 53.2. The van der Waals surface area contributed by atoms with Crippen molar-refractivity contribution in [2.24, 2.45) is 0 Å². The minimum Gasteiger partial charge on any atom is -0.462 e. The van der Waals surface area contributed by atoms with Crippen LogP contribution in [0.3, 0.4) is 0 Å². The van der Waals surface area contributed by atoms with Gasteiger partial charge in [0.15, 0.2) is 6.10 Å². The summed E-state index contributed by atoms with van der Waals surface area (Å²) in [6.07, 6.45) is 68.7. The van der Waals surface area contributed by atoms with Crippen molar-refractivity contribution in [1.82, 2.24) is 0 Å². The van der Waals surface area contributed by atoms with Gasteiger partial charge in [0.2, 0.25) is 0 Å². The van der Waals surface area contributed by atoms with Gasteiger partial charge in [-0.2, -0.15) is 0 Å². The lowest BCUT2D eigenvalue weighted by Crippen LogP contribution is -2.30. The van der Waals surface area contributed by atoms with Crippen LogP contribution in [0.25, 0.3) is 0 Å². The summed E-state index contributed by atoms with van der Waals surface area (Å²) in [7, 11) is 0. The van der Waals surface area contributed by atoms with E-state index < -0.39 is 6.10 Å².